The number of aromatic nitrogens is 5. The van der Waals surface area contributed by atoms with Crippen LogP contribution in [0.3, 0.4) is 0 Å². The molecule has 1 saturated carbocycles. The molecule has 3 aliphatic rings. The zero-order chi connectivity index (χ0) is 28.1. The third kappa shape index (κ3) is 5.46. The number of carbonyl (C=O) groups is 1. The number of nitrogens with two attached hydrogens (primary N) is 1. The van der Waals surface area contributed by atoms with Crippen molar-refractivity contribution in [3.8, 4) is 11.4 Å². The van der Waals surface area contributed by atoms with Crippen molar-refractivity contribution in [3.63, 3.8) is 0 Å². The summed E-state index contributed by atoms with van der Waals surface area (Å²) in [5.41, 5.74) is 9.59. The molecule has 0 atom stereocenters. The van der Waals surface area contributed by atoms with Gasteiger partial charge in [-0.2, -0.15) is 5.10 Å². The highest BCUT2D eigenvalue weighted by Crippen LogP contribution is 2.43. The normalized spacial score (nSPS) is 21.1. The number of piperidine rings is 1. The van der Waals surface area contributed by atoms with Gasteiger partial charge in [0.1, 0.15) is 11.4 Å². The Labute approximate surface area is 235 Å². The van der Waals surface area contributed by atoms with Gasteiger partial charge in [0.15, 0.2) is 5.13 Å². The van der Waals surface area contributed by atoms with E-state index >= 15 is 0 Å². The average Bonchev–Trinajstić information content (AvgIpc) is 3.57. The molecule has 2 aliphatic carbocycles. The molecule has 0 bridgehead atoms. The molecule has 10 nitrogen and oxygen atoms in total. The molecule has 1 saturated heterocycles. The average molecular weight is 573 g/mol. The number of fused-ring (bicyclic) bond motifs is 3. The van der Waals surface area contributed by atoms with Crippen molar-refractivity contribution in [3.05, 3.63) is 34.1 Å². The SMILES string of the molecule is CC1(C)Cc2cnc(N)nc2-c2n[nH]c(C(=O)Nc3nc(COC4CCN(C5CCC(F)(F)CC5)CC4)cs3)c21. The van der Waals surface area contributed by atoms with Gasteiger partial charge in [0.2, 0.25) is 11.9 Å². The van der Waals surface area contributed by atoms with Gasteiger partial charge >= 0.3 is 0 Å². The lowest BCUT2D eigenvalue weighted by Crippen LogP contribution is -2.46. The van der Waals surface area contributed by atoms with Crippen molar-refractivity contribution in [2.75, 3.05) is 24.1 Å². The number of nitrogens with one attached hydrogen (secondary N) is 2. The maximum Gasteiger partial charge on any atom is 0.275 e. The Kier molecular flexibility index (Phi) is 7.07. The van der Waals surface area contributed by atoms with Crippen molar-refractivity contribution in [2.24, 2.45) is 0 Å². The quantitative estimate of drug-likeness (QED) is 0.392. The maximum absolute atomic E-state index is 13.5. The van der Waals surface area contributed by atoms with E-state index in [9.17, 15) is 13.6 Å². The van der Waals surface area contributed by atoms with Crippen molar-refractivity contribution in [1.82, 2.24) is 30.0 Å². The molecular formula is C27H34F2N8O2S. The summed E-state index contributed by atoms with van der Waals surface area (Å²) >= 11 is 1.34. The number of nitrogens with zero attached hydrogens (tertiary/aromatic N) is 5. The number of rotatable bonds is 6. The van der Waals surface area contributed by atoms with Gasteiger partial charge in [0.05, 0.1) is 24.1 Å². The topological polar surface area (TPSA) is 135 Å². The van der Waals surface area contributed by atoms with Crippen LogP contribution in [-0.2, 0) is 23.2 Å². The van der Waals surface area contributed by atoms with E-state index in [-0.39, 0.29) is 42.3 Å². The van der Waals surface area contributed by atoms with E-state index in [1.807, 2.05) is 5.38 Å². The van der Waals surface area contributed by atoms with Crippen LogP contribution in [0, 0.1) is 0 Å². The third-order valence-corrected chi connectivity index (χ3v) is 9.14. The van der Waals surface area contributed by atoms with E-state index < -0.39 is 5.92 Å². The van der Waals surface area contributed by atoms with Crippen LogP contribution in [0.2, 0.25) is 0 Å². The Morgan fingerprint density at radius 3 is 2.70 bits per heavy atom. The number of halogens is 2. The van der Waals surface area contributed by atoms with Crippen LogP contribution in [0.25, 0.3) is 11.4 Å². The van der Waals surface area contributed by atoms with E-state index in [4.69, 9.17) is 10.5 Å². The summed E-state index contributed by atoms with van der Waals surface area (Å²) in [5.74, 6) is -2.64. The van der Waals surface area contributed by atoms with Gasteiger partial charge in [-0.3, -0.25) is 15.2 Å². The zero-order valence-corrected chi connectivity index (χ0v) is 23.5. The van der Waals surface area contributed by atoms with Gasteiger partial charge < -0.3 is 15.4 Å². The van der Waals surface area contributed by atoms with Crippen LogP contribution in [0.15, 0.2) is 11.6 Å². The number of carbonyl (C=O) groups excluding carboxylic acids is 1. The molecule has 3 aromatic rings. The van der Waals surface area contributed by atoms with Gasteiger partial charge in [-0.15, -0.1) is 11.3 Å². The number of ether oxygens (including phenoxy) is 1. The van der Waals surface area contributed by atoms with Crippen molar-refractivity contribution >= 4 is 28.3 Å². The first-order valence-corrected chi connectivity index (χ1v) is 14.7. The predicted molar refractivity (Wildman–Crippen MR) is 147 cm³/mol. The van der Waals surface area contributed by atoms with Gasteiger partial charge in [-0.05, 0) is 43.1 Å². The minimum atomic E-state index is -2.49. The van der Waals surface area contributed by atoms with Gasteiger partial charge in [-0.1, -0.05) is 13.8 Å². The minimum absolute atomic E-state index is 0.00456. The van der Waals surface area contributed by atoms with Crippen LogP contribution in [0.4, 0.5) is 19.9 Å². The lowest BCUT2D eigenvalue weighted by Gasteiger charge is -2.40. The summed E-state index contributed by atoms with van der Waals surface area (Å²) in [6.45, 7) is 6.22. The molecule has 4 N–H and O–H groups in total. The minimum Gasteiger partial charge on any atom is -0.372 e. The van der Waals surface area contributed by atoms with E-state index in [1.54, 1.807) is 6.20 Å². The number of H-pyrrole nitrogens is 1. The fourth-order valence-electron chi connectivity index (χ4n) is 6.25. The summed E-state index contributed by atoms with van der Waals surface area (Å²) < 4.78 is 33.1. The maximum atomic E-state index is 13.5. The number of alkyl halides is 2. The predicted octanol–water partition coefficient (Wildman–Crippen LogP) is 4.55. The van der Waals surface area contributed by atoms with Crippen molar-refractivity contribution in [1.29, 1.82) is 0 Å². The molecule has 4 heterocycles. The molecule has 1 aliphatic heterocycles. The summed E-state index contributed by atoms with van der Waals surface area (Å²) in [6, 6.07) is 0.262. The number of amides is 1. The second-order valence-electron chi connectivity index (χ2n) is 11.7. The number of hydrogen-bond acceptors (Lipinski definition) is 9. The van der Waals surface area contributed by atoms with E-state index in [1.165, 1.54) is 11.3 Å². The molecule has 0 spiro atoms. The van der Waals surface area contributed by atoms with Crippen LogP contribution >= 0.6 is 11.3 Å². The molecule has 6 rings (SSSR count). The first-order valence-electron chi connectivity index (χ1n) is 13.8. The summed E-state index contributed by atoms with van der Waals surface area (Å²) in [5, 5.41) is 12.6. The Morgan fingerprint density at radius 2 is 1.95 bits per heavy atom. The van der Waals surface area contributed by atoms with E-state index in [2.05, 4.69) is 49.2 Å². The highest BCUT2D eigenvalue weighted by atomic mass is 32.1. The first-order chi connectivity index (χ1) is 19.1. The second kappa shape index (κ2) is 10.4. The smallest absolute Gasteiger partial charge is 0.275 e. The number of hydrogen-bond donors (Lipinski definition) is 3. The van der Waals surface area contributed by atoms with Gasteiger partial charge in [0, 0.05) is 49.1 Å². The molecule has 1 amide bonds. The van der Waals surface area contributed by atoms with Gasteiger partial charge in [0.25, 0.3) is 5.91 Å². The molecule has 214 valence electrons. The molecule has 0 aromatic carbocycles. The number of likely N-dealkylation sites (tertiary alicyclic amines) is 1. The van der Waals surface area contributed by atoms with Crippen molar-refractivity contribution < 1.29 is 18.3 Å². The lowest BCUT2D eigenvalue weighted by atomic mass is 9.73. The first kappa shape index (κ1) is 27.2. The van der Waals surface area contributed by atoms with E-state index in [0.29, 0.717) is 48.1 Å². The molecule has 40 heavy (non-hydrogen) atoms. The van der Waals surface area contributed by atoms with Crippen LogP contribution in [0.5, 0.6) is 0 Å². The number of aromatic amines is 1. The fraction of sp³-hybridized carbons (Fsp3) is 0.593. The monoisotopic (exact) mass is 572 g/mol. The molecule has 0 radical (unpaired) electrons. The summed E-state index contributed by atoms with van der Waals surface area (Å²) in [4.78, 5) is 28.7. The molecular weight excluding hydrogens is 538 g/mol. The lowest BCUT2D eigenvalue weighted by molar-refractivity contribution is -0.0649. The number of anilines is 2. The second-order valence-corrected chi connectivity index (χ2v) is 12.6. The van der Waals surface area contributed by atoms with Crippen LogP contribution in [0.1, 0.15) is 79.7 Å². The Bertz CT molecular complexity index is 1390. The molecule has 2 fully saturated rings. The van der Waals surface area contributed by atoms with Crippen LogP contribution < -0.4 is 11.1 Å². The van der Waals surface area contributed by atoms with Crippen molar-refractivity contribution in [2.45, 2.75) is 88.9 Å². The van der Waals surface area contributed by atoms with Crippen LogP contribution in [-0.4, -0.2) is 67.1 Å². The largest absolute Gasteiger partial charge is 0.372 e. The Balaban J connectivity index is 1.04. The fourth-order valence-corrected chi connectivity index (χ4v) is 6.94. The van der Waals surface area contributed by atoms with E-state index in [0.717, 1.165) is 42.8 Å². The van der Waals surface area contributed by atoms with Gasteiger partial charge in [-0.25, -0.2) is 23.7 Å². The number of nitrogen functional groups attached to an aromatic ring is 1. The standard InChI is InChI=1S/C27H34F2N8O2S/c1-26(2)11-15-12-31-24(30)33-20(15)21-19(26)22(36-35-21)23(38)34-25-32-16(14-40-25)13-39-18-5-9-37(10-6-18)17-3-7-27(28,29)8-4-17/h12,14,17-18H,3-11,13H2,1-2H3,(H,35,36)(H2,30,31,33)(H,32,34,38). The summed E-state index contributed by atoms with van der Waals surface area (Å²) in [7, 11) is 0. The molecule has 0 unspecified atom stereocenters. The highest BCUT2D eigenvalue weighted by Gasteiger charge is 2.39. The third-order valence-electron chi connectivity index (χ3n) is 8.33. The zero-order valence-electron chi connectivity index (χ0n) is 22.7. The summed E-state index contributed by atoms with van der Waals surface area (Å²) in [6.07, 6.45) is 5.37. The Morgan fingerprint density at radius 1 is 1.20 bits per heavy atom. The number of thiazole rings is 1. The highest BCUT2D eigenvalue weighted by molar-refractivity contribution is 7.14. The molecule has 3 aromatic heterocycles. The Hall–Kier alpha value is -3.03. The molecule has 13 heteroatoms.